The predicted molar refractivity (Wildman–Crippen MR) is 59.9 cm³/mol. The van der Waals surface area contributed by atoms with Crippen LogP contribution in [0.25, 0.3) is 0 Å². The minimum absolute atomic E-state index is 0.113. The van der Waals surface area contributed by atoms with Crippen LogP contribution in [0.3, 0.4) is 0 Å². The van der Waals surface area contributed by atoms with E-state index in [1.54, 1.807) is 7.05 Å². The number of carbonyl (C=O) groups is 2. The van der Waals surface area contributed by atoms with Crippen LogP contribution in [0.5, 0.6) is 0 Å². The highest BCUT2D eigenvalue weighted by atomic mass is 35.5. The highest BCUT2D eigenvalue weighted by molar-refractivity contribution is 6.33. The Morgan fingerprint density at radius 1 is 1.59 bits per heavy atom. The van der Waals surface area contributed by atoms with Crippen molar-refractivity contribution in [2.24, 2.45) is 7.05 Å². The zero-order chi connectivity index (χ0) is 12.6. The molecule has 1 atom stereocenters. The second kappa shape index (κ2) is 4.37. The van der Waals surface area contributed by atoms with Gasteiger partial charge in [0, 0.05) is 19.8 Å². The summed E-state index contributed by atoms with van der Waals surface area (Å²) in [4.78, 5) is 24.4. The Labute approximate surface area is 103 Å². The van der Waals surface area contributed by atoms with Crippen LogP contribution in [0.1, 0.15) is 23.3 Å². The number of halogens is 1. The third-order valence-electron chi connectivity index (χ3n) is 2.79. The van der Waals surface area contributed by atoms with Crippen molar-refractivity contribution in [3.8, 4) is 0 Å². The fourth-order valence-corrected chi connectivity index (χ4v) is 2.27. The molecule has 1 saturated heterocycles. The first-order valence-electron chi connectivity index (χ1n) is 5.23. The largest absolute Gasteiger partial charge is 0.480 e. The molecule has 7 heteroatoms. The van der Waals surface area contributed by atoms with Crippen molar-refractivity contribution in [3.63, 3.8) is 0 Å². The van der Waals surface area contributed by atoms with Gasteiger partial charge < -0.3 is 10.0 Å². The maximum Gasteiger partial charge on any atom is 0.326 e. The number of carboxylic acids is 1. The molecule has 0 spiro atoms. The molecule has 1 aliphatic heterocycles. The fraction of sp³-hybridized carbons (Fsp3) is 0.500. The van der Waals surface area contributed by atoms with E-state index in [1.807, 2.05) is 0 Å². The Kier molecular flexibility index (Phi) is 3.06. The van der Waals surface area contributed by atoms with Gasteiger partial charge in [0.1, 0.15) is 6.04 Å². The number of hydrogen-bond acceptors (Lipinski definition) is 3. The van der Waals surface area contributed by atoms with Gasteiger partial charge in [-0.15, -0.1) is 0 Å². The standard InChI is InChI=1S/C10H12ClN3O3/c1-13-5-6(11)8(12-13)9(15)14-4-2-3-7(14)10(16)17/h5,7H,2-4H2,1H3,(H,16,17)/t7-/m0/s1. The summed E-state index contributed by atoms with van der Waals surface area (Å²) in [5.41, 5.74) is 0.113. The second-order valence-electron chi connectivity index (χ2n) is 3.99. The van der Waals surface area contributed by atoms with Gasteiger partial charge in [-0.1, -0.05) is 11.6 Å². The number of aliphatic carboxylic acids is 1. The Balaban J connectivity index is 2.25. The van der Waals surface area contributed by atoms with Gasteiger partial charge in [0.05, 0.1) is 5.02 Å². The summed E-state index contributed by atoms with van der Waals surface area (Å²) in [7, 11) is 1.65. The lowest BCUT2D eigenvalue weighted by Crippen LogP contribution is -2.40. The quantitative estimate of drug-likeness (QED) is 0.849. The molecule has 6 nitrogen and oxygen atoms in total. The lowest BCUT2D eigenvalue weighted by atomic mass is 10.2. The molecule has 0 aliphatic carbocycles. The van der Waals surface area contributed by atoms with Crippen molar-refractivity contribution >= 4 is 23.5 Å². The average Bonchev–Trinajstić information content (AvgIpc) is 2.83. The lowest BCUT2D eigenvalue weighted by Gasteiger charge is -2.20. The topological polar surface area (TPSA) is 75.4 Å². The van der Waals surface area contributed by atoms with Crippen molar-refractivity contribution < 1.29 is 14.7 Å². The first kappa shape index (κ1) is 11.9. The van der Waals surface area contributed by atoms with Crippen molar-refractivity contribution in [2.45, 2.75) is 18.9 Å². The summed E-state index contributed by atoms with van der Waals surface area (Å²) in [6.45, 7) is 0.433. The van der Waals surface area contributed by atoms with E-state index in [9.17, 15) is 9.59 Å². The maximum atomic E-state index is 12.1. The van der Waals surface area contributed by atoms with Crippen molar-refractivity contribution in [2.75, 3.05) is 6.54 Å². The molecule has 0 aromatic carbocycles. The SMILES string of the molecule is Cn1cc(Cl)c(C(=O)N2CCC[C@H]2C(=O)O)n1. The fourth-order valence-electron chi connectivity index (χ4n) is 2.01. The molecule has 0 unspecified atom stereocenters. The normalized spacial score (nSPS) is 19.6. The van der Waals surface area contributed by atoms with E-state index in [0.29, 0.717) is 19.4 Å². The number of rotatable bonds is 2. The maximum absolute atomic E-state index is 12.1. The van der Waals surface area contributed by atoms with Crippen LogP contribution in [-0.2, 0) is 11.8 Å². The Hall–Kier alpha value is -1.56. The molecule has 1 fully saturated rings. The molecule has 1 aliphatic rings. The first-order chi connectivity index (χ1) is 8.00. The Morgan fingerprint density at radius 3 is 2.82 bits per heavy atom. The number of aryl methyl sites for hydroxylation is 1. The number of aromatic nitrogens is 2. The van der Waals surface area contributed by atoms with E-state index >= 15 is 0 Å². The zero-order valence-electron chi connectivity index (χ0n) is 9.26. The number of likely N-dealkylation sites (tertiary alicyclic amines) is 1. The molecule has 2 rings (SSSR count). The first-order valence-corrected chi connectivity index (χ1v) is 5.61. The monoisotopic (exact) mass is 257 g/mol. The molecule has 1 aromatic rings. The second-order valence-corrected chi connectivity index (χ2v) is 4.40. The summed E-state index contributed by atoms with van der Waals surface area (Å²) in [5, 5.41) is 13.2. The van der Waals surface area contributed by atoms with Gasteiger partial charge in [0.25, 0.3) is 5.91 Å². The van der Waals surface area contributed by atoms with E-state index in [4.69, 9.17) is 16.7 Å². The highest BCUT2D eigenvalue weighted by Crippen LogP contribution is 2.22. The highest BCUT2D eigenvalue weighted by Gasteiger charge is 2.36. The van der Waals surface area contributed by atoms with E-state index in [0.717, 1.165) is 0 Å². The summed E-state index contributed by atoms with van der Waals surface area (Å²) in [5.74, 6) is -1.40. The average molecular weight is 258 g/mol. The van der Waals surface area contributed by atoms with Gasteiger partial charge in [-0.05, 0) is 12.8 Å². The molecule has 1 amide bonds. The van der Waals surface area contributed by atoms with E-state index in [-0.39, 0.29) is 10.7 Å². The van der Waals surface area contributed by atoms with Crippen LogP contribution in [0.2, 0.25) is 5.02 Å². The van der Waals surface area contributed by atoms with Gasteiger partial charge in [0.15, 0.2) is 5.69 Å². The molecule has 0 radical (unpaired) electrons. The summed E-state index contributed by atoms with van der Waals surface area (Å²) in [6, 6.07) is -0.763. The van der Waals surface area contributed by atoms with Crippen LogP contribution >= 0.6 is 11.6 Å². The summed E-state index contributed by atoms with van der Waals surface area (Å²) in [6.07, 6.45) is 2.68. The van der Waals surface area contributed by atoms with Gasteiger partial charge in [-0.3, -0.25) is 9.48 Å². The third kappa shape index (κ3) is 2.12. The zero-order valence-corrected chi connectivity index (χ0v) is 10.0. The van der Waals surface area contributed by atoms with Crippen LogP contribution in [0.15, 0.2) is 6.20 Å². The van der Waals surface area contributed by atoms with Crippen LogP contribution < -0.4 is 0 Å². The smallest absolute Gasteiger partial charge is 0.326 e. The summed E-state index contributed by atoms with van der Waals surface area (Å²) < 4.78 is 1.43. The minimum Gasteiger partial charge on any atom is -0.480 e. The molecule has 2 heterocycles. The van der Waals surface area contributed by atoms with Crippen molar-refractivity contribution in [3.05, 3.63) is 16.9 Å². The van der Waals surface area contributed by atoms with Gasteiger partial charge in [-0.25, -0.2) is 4.79 Å². The van der Waals surface area contributed by atoms with Gasteiger partial charge in [-0.2, -0.15) is 5.10 Å². The molecule has 0 saturated carbocycles. The third-order valence-corrected chi connectivity index (χ3v) is 3.06. The molecular weight excluding hydrogens is 246 g/mol. The van der Waals surface area contributed by atoms with E-state index in [2.05, 4.69) is 5.10 Å². The Morgan fingerprint density at radius 2 is 2.29 bits per heavy atom. The Bertz CT molecular complexity index is 471. The van der Waals surface area contributed by atoms with Crippen LogP contribution in [-0.4, -0.2) is 44.3 Å². The molecular formula is C10H12ClN3O3. The lowest BCUT2D eigenvalue weighted by molar-refractivity contribution is -0.141. The number of nitrogens with zero attached hydrogens (tertiary/aromatic N) is 3. The molecule has 1 aromatic heterocycles. The van der Waals surface area contributed by atoms with E-state index < -0.39 is 17.9 Å². The molecule has 92 valence electrons. The summed E-state index contributed by atoms with van der Waals surface area (Å²) >= 11 is 5.87. The molecule has 17 heavy (non-hydrogen) atoms. The predicted octanol–water partition coefficient (Wildman–Crippen LogP) is 0.763. The number of carboxylic acid groups (broad SMARTS) is 1. The van der Waals surface area contributed by atoms with Crippen LogP contribution in [0, 0.1) is 0 Å². The molecule has 1 N–H and O–H groups in total. The van der Waals surface area contributed by atoms with Crippen LogP contribution in [0.4, 0.5) is 0 Å². The molecule has 0 bridgehead atoms. The number of carbonyl (C=O) groups excluding carboxylic acids is 1. The van der Waals surface area contributed by atoms with Crippen molar-refractivity contribution in [1.29, 1.82) is 0 Å². The van der Waals surface area contributed by atoms with Gasteiger partial charge in [0.2, 0.25) is 0 Å². The minimum atomic E-state index is -0.983. The van der Waals surface area contributed by atoms with Crippen molar-refractivity contribution in [1.82, 2.24) is 14.7 Å². The van der Waals surface area contributed by atoms with Gasteiger partial charge >= 0.3 is 5.97 Å². The number of amides is 1. The number of hydrogen-bond donors (Lipinski definition) is 1. The van der Waals surface area contributed by atoms with E-state index in [1.165, 1.54) is 15.8 Å².